The maximum absolute atomic E-state index is 2.38. The molecule has 2 aliphatic rings. The summed E-state index contributed by atoms with van der Waals surface area (Å²) >= 11 is 0. The number of benzene rings is 8. The summed E-state index contributed by atoms with van der Waals surface area (Å²) in [5, 5.41) is 2.49. The Bertz CT molecular complexity index is 2950. The zero-order valence-electron chi connectivity index (χ0n) is 38.2. The highest BCUT2D eigenvalue weighted by molar-refractivity contribution is 5.98. The molecule has 8 aromatic carbocycles. The second-order valence-electron chi connectivity index (χ2n) is 18.6. The van der Waals surface area contributed by atoms with Crippen LogP contribution in [-0.4, -0.2) is 0 Å². The van der Waals surface area contributed by atoms with Crippen LogP contribution in [-0.2, 0) is 0 Å². The van der Waals surface area contributed by atoms with Gasteiger partial charge in [0, 0.05) is 0 Å². The van der Waals surface area contributed by atoms with Crippen molar-refractivity contribution in [3.05, 3.63) is 261 Å². The van der Waals surface area contributed by atoms with Gasteiger partial charge in [0.2, 0.25) is 0 Å². The van der Waals surface area contributed by atoms with Crippen LogP contribution in [0.3, 0.4) is 0 Å². The molecule has 10 rings (SSSR count). The number of hydrogen-bond donors (Lipinski definition) is 0. The average Bonchev–Trinajstić information content (AvgIpc) is 3.40. The molecular weight excluding hydrogens is 793 g/mol. The normalized spacial score (nSPS) is 15.5. The van der Waals surface area contributed by atoms with Gasteiger partial charge in [0.25, 0.3) is 0 Å². The molecule has 0 heteroatoms. The van der Waals surface area contributed by atoms with Crippen molar-refractivity contribution in [2.24, 2.45) is 0 Å². The first-order chi connectivity index (χ1) is 32.7. The quantitative estimate of drug-likeness (QED) is 0.107. The van der Waals surface area contributed by atoms with E-state index in [9.17, 15) is 0 Å². The fourth-order valence-electron chi connectivity index (χ4n) is 10.4. The molecule has 0 amide bonds. The Labute approximate surface area is 393 Å². The molecule has 2 saturated carbocycles. The van der Waals surface area contributed by atoms with Gasteiger partial charge in [-0.15, -0.1) is 0 Å². The van der Waals surface area contributed by atoms with E-state index in [0.29, 0.717) is 11.8 Å². The van der Waals surface area contributed by atoms with Crippen molar-refractivity contribution in [1.29, 1.82) is 0 Å². The van der Waals surface area contributed by atoms with Crippen LogP contribution in [0.4, 0.5) is 0 Å². The average molecular weight is 853 g/mol. The zero-order chi connectivity index (χ0) is 44.3. The Morgan fingerprint density at radius 2 is 0.727 bits per heavy atom. The van der Waals surface area contributed by atoms with Crippen LogP contribution in [0.15, 0.2) is 194 Å². The van der Waals surface area contributed by atoms with Crippen molar-refractivity contribution in [2.75, 3.05) is 0 Å². The molecule has 0 aromatic heterocycles. The van der Waals surface area contributed by atoms with Crippen LogP contribution in [0.1, 0.15) is 143 Å². The maximum Gasteiger partial charge on any atom is -0.0105 e. The summed E-state index contributed by atoms with van der Waals surface area (Å²) < 4.78 is 0. The Hall–Kier alpha value is -7.02. The molecule has 0 aliphatic heterocycles. The van der Waals surface area contributed by atoms with Gasteiger partial charge in [0.15, 0.2) is 0 Å². The van der Waals surface area contributed by atoms with E-state index in [0.717, 1.165) is 0 Å². The van der Waals surface area contributed by atoms with Gasteiger partial charge >= 0.3 is 0 Å². The highest BCUT2D eigenvalue weighted by atomic mass is 14.2. The van der Waals surface area contributed by atoms with Crippen molar-refractivity contribution in [3.8, 4) is 0 Å². The SMILES string of the molecule is C(=C/c1ccc2ccccc2c1/C=C\c1ccc(/C=C(/c2ccccc2)c2ccc(C3CCCCC3)cc2)cc1)/c1ccc(/C=C(/c2ccccc2)c2ccc(C3CCCCC3)cc2)cc1. The van der Waals surface area contributed by atoms with Crippen molar-refractivity contribution >= 4 is 58.4 Å². The third-order valence-electron chi connectivity index (χ3n) is 14.2. The summed E-state index contributed by atoms with van der Waals surface area (Å²) in [4.78, 5) is 0. The Balaban J connectivity index is 0.885. The lowest BCUT2D eigenvalue weighted by Crippen LogP contribution is -2.04. The van der Waals surface area contributed by atoms with Crippen LogP contribution >= 0.6 is 0 Å². The summed E-state index contributed by atoms with van der Waals surface area (Å²) in [6.07, 6.45) is 27.2. The lowest BCUT2D eigenvalue weighted by atomic mass is 9.83. The first kappa shape index (κ1) is 42.9. The number of rotatable bonds is 12. The van der Waals surface area contributed by atoms with Gasteiger partial charge in [-0.2, -0.15) is 0 Å². The van der Waals surface area contributed by atoms with Gasteiger partial charge in [0.1, 0.15) is 0 Å². The standard InChI is InChI=1S/C66H60/c1-5-15-53(16-6-1)55-36-40-61(41-37-55)65(57-19-9-3-10-20-57)47-51-29-25-49(26-30-51)33-35-60-45-44-59-23-13-14-24-63(59)64(60)46-34-50-27-31-52(32-28-50)48-66(58-21-11-4-12-22-58)62-42-38-56(39-43-62)54-17-7-2-8-18-54/h3-4,9-14,19-48,53-54H,1-2,5-8,15-18H2/b35-33-,46-34-,65-47-,66-48-. The third-order valence-corrected chi connectivity index (χ3v) is 14.2. The van der Waals surface area contributed by atoms with Crippen LogP contribution in [0.25, 0.3) is 58.4 Å². The van der Waals surface area contributed by atoms with E-state index in [1.165, 1.54) is 153 Å². The zero-order valence-corrected chi connectivity index (χ0v) is 38.2. The predicted octanol–water partition coefficient (Wildman–Crippen LogP) is 18.5. The minimum Gasteiger partial charge on any atom is -0.0622 e. The van der Waals surface area contributed by atoms with Crippen LogP contribution in [0.2, 0.25) is 0 Å². The molecule has 0 unspecified atom stereocenters. The Morgan fingerprint density at radius 1 is 0.318 bits per heavy atom. The second-order valence-corrected chi connectivity index (χ2v) is 18.6. The highest BCUT2D eigenvalue weighted by Crippen LogP contribution is 2.36. The van der Waals surface area contributed by atoms with E-state index >= 15 is 0 Å². The molecule has 0 spiro atoms. The third kappa shape index (κ3) is 10.4. The molecule has 324 valence electrons. The largest absolute Gasteiger partial charge is 0.0622 e. The minimum atomic E-state index is 0.707. The molecule has 0 nitrogen and oxygen atoms in total. The fraction of sp³-hybridized carbons (Fsp3) is 0.182. The molecule has 0 bridgehead atoms. The van der Waals surface area contributed by atoms with Gasteiger partial charge in [-0.1, -0.05) is 257 Å². The molecule has 8 aromatic rings. The molecule has 0 radical (unpaired) electrons. The lowest BCUT2D eigenvalue weighted by molar-refractivity contribution is 0.443. The van der Waals surface area contributed by atoms with Crippen molar-refractivity contribution in [3.63, 3.8) is 0 Å². The lowest BCUT2D eigenvalue weighted by Gasteiger charge is -2.22. The Morgan fingerprint density at radius 3 is 1.21 bits per heavy atom. The van der Waals surface area contributed by atoms with E-state index in [2.05, 4.69) is 231 Å². The molecule has 66 heavy (non-hydrogen) atoms. The molecule has 0 N–H and O–H groups in total. The van der Waals surface area contributed by atoms with E-state index in [4.69, 9.17) is 0 Å². The minimum absolute atomic E-state index is 0.707. The van der Waals surface area contributed by atoms with E-state index in [-0.39, 0.29) is 0 Å². The van der Waals surface area contributed by atoms with Gasteiger partial charge in [-0.3, -0.25) is 0 Å². The predicted molar refractivity (Wildman–Crippen MR) is 286 cm³/mol. The molecule has 2 aliphatic carbocycles. The van der Waals surface area contributed by atoms with Gasteiger partial charge < -0.3 is 0 Å². The summed E-state index contributed by atoms with van der Waals surface area (Å²) in [7, 11) is 0. The maximum atomic E-state index is 2.38. The summed E-state index contributed by atoms with van der Waals surface area (Å²) in [6, 6.07) is 71.6. The van der Waals surface area contributed by atoms with E-state index < -0.39 is 0 Å². The summed E-state index contributed by atoms with van der Waals surface area (Å²) in [6.45, 7) is 0. The summed E-state index contributed by atoms with van der Waals surface area (Å²) in [5.41, 5.74) is 17.6. The molecule has 2 fully saturated rings. The van der Waals surface area contributed by atoms with E-state index in [1.807, 2.05) is 0 Å². The molecular formula is C66H60. The molecule has 0 atom stereocenters. The van der Waals surface area contributed by atoms with Gasteiger partial charge in [0.05, 0.1) is 0 Å². The number of fused-ring (bicyclic) bond motifs is 1. The highest BCUT2D eigenvalue weighted by Gasteiger charge is 2.17. The molecule has 0 heterocycles. The van der Waals surface area contributed by atoms with Crippen molar-refractivity contribution in [2.45, 2.75) is 76.0 Å². The van der Waals surface area contributed by atoms with Gasteiger partial charge in [-0.25, -0.2) is 0 Å². The first-order valence-corrected chi connectivity index (χ1v) is 24.5. The monoisotopic (exact) mass is 852 g/mol. The van der Waals surface area contributed by atoms with Crippen molar-refractivity contribution < 1.29 is 0 Å². The molecule has 0 saturated heterocycles. The van der Waals surface area contributed by atoms with Crippen LogP contribution < -0.4 is 0 Å². The second kappa shape index (κ2) is 20.9. The van der Waals surface area contributed by atoms with Crippen molar-refractivity contribution in [1.82, 2.24) is 0 Å². The van der Waals surface area contributed by atoms with Crippen LogP contribution in [0, 0.1) is 0 Å². The van der Waals surface area contributed by atoms with Gasteiger partial charge in [-0.05, 0) is 138 Å². The first-order valence-electron chi connectivity index (χ1n) is 24.5. The summed E-state index contributed by atoms with van der Waals surface area (Å²) in [5.74, 6) is 1.41. The Kier molecular flexibility index (Phi) is 13.6. The van der Waals surface area contributed by atoms with E-state index in [1.54, 1.807) is 0 Å². The fourth-order valence-corrected chi connectivity index (χ4v) is 10.4. The van der Waals surface area contributed by atoms with Crippen LogP contribution in [0.5, 0.6) is 0 Å². The number of hydrogen-bond acceptors (Lipinski definition) is 0. The smallest absolute Gasteiger partial charge is 0.0105 e. The topological polar surface area (TPSA) is 0 Å².